The number of aromatic amines is 1. The first kappa shape index (κ1) is 20.0. The molecule has 0 aromatic carbocycles. The molecule has 4 heterocycles. The van der Waals surface area contributed by atoms with E-state index in [2.05, 4.69) is 30.3 Å². The summed E-state index contributed by atoms with van der Waals surface area (Å²) in [6, 6.07) is 4.53. The Labute approximate surface area is 180 Å². The van der Waals surface area contributed by atoms with E-state index in [-0.39, 0.29) is 0 Å². The molecule has 1 N–H and O–H groups in total. The Morgan fingerprint density at radius 3 is 2.81 bits per heavy atom. The Morgan fingerprint density at radius 2 is 2.10 bits per heavy atom. The summed E-state index contributed by atoms with van der Waals surface area (Å²) in [5.74, 6) is 3.80. The predicted molar refractivity (Wildman–Crippen MR) is 112 cm³/mol. The molecule has 1 aliphatic carbocycles. The van der Waals surface area contributed by atoms with Crippen molar-refractivity contribution < 1.29 is 14.0 Å². The standard InChI is InChI=1S/C21H29N7O3/c1-29-10-7-19-24-21(31-25-19)27-8-4-15(5-9-27)18-12-16(18)6-11-30-20-3-2-17(13-22-20)28-14-23-26-28/h2-3,13-16,18,26H,4-12H2,1H3/t16?,18-/m1/s1. The highest BCUT2D eigenvalue weighted by atomic mass is 16.5. The minimum atomic E-state index is 0.612. The van der Waals surface area contributed by atoms with Gasteiger partial charge >= 0.3 is 6.01 Å². The fourth-order valence-electron chi connectivity index (χ4n) is 4.52. The molecule has 3 aromatic heterocycles. The van der Waals surface area contributed by atoms with Gasteiger partial charge in [0.25, 0.3) is 0 Å². The number of nitrogens with zero attached hydrogens (tertiary/aromatic N) is 6. The van der Waals surface area contributed by atoms with Crippen LogP contribution in [0, 0.1) is 17.8 Å². The highest BCUT2D eigenvalue weighted by Gasteiger charge is 2.43. The molecule has 1 aliphatic heterocycles. The summed E-state index contributed by atoms with van der Waals surface area (Å²) in [6.07, 6.45) is 8.97. The Kier molecular flexibility index (Phi) is 5.88. The number of pyridine rings is 1. The summed E-state index contributed by atoms with van der Waals surface area (Å²) in [5, 5.41) is 10.7. The van der Waals surface area contributed by atoms with Crippen LogP contribution in [0.2, 0.25) is 0 Å². The largest absolute Gasteiger partial charge is 0.478 e. The lowest BCUT2D eigenvalue weighted by molar-refractivity contribution is 0.199. The first-order valence-electron chi connectivity index (χ1n) is 11.0. The fraction of sp³-hybridized carbons (Fsp3) is 0.619. The van der Waals surface area contributed by atoms with E-state index in [4.69, 9.17) is 14.0 Å². The minimum absolute atomic E-state index is 0.612. The van der Waals surface area contributed by atoms with E-state index >= 15 is 0 Å². The molecule has 3 aromatic rings. The summed E-state index contributed by atoms with van der Waals surface area (Å²) in [6.45, 7) is 3.31. The number of H-pyrrole nitrogens is 1. The molecule has 10 nitrogen and oxygen atoms in total. The topological polar surface area (TPSA) is 107 Å². The van der Waals surface area contributed by atoms with Crippen molar-refractivity contribution in [1.82, 2.24) is 30.1 Å². The molecular weight excluding hydrogens is 398 g/mol. The molecule has 0 radical (unpaired) electrons. The summed E-state index contributed by atoms with van der Waals surface area (Å²) in [4.78, 5) is 11.1. The zero-order chi connectivity index (χ0) is 21.0. The molecule has 1 saturated carbocycles. The van der Waals surface area contributed by atoms with E-state index in [9.17, 15) is 0 Å². The van der Waals surface area contributed by atoms with Crippen LogP contribution in [0.5, 0.6) is 5.88 Å². The molecule has 0 amide bonds. The molecule has 0 spiro atoms. The van der Waals surface area contributed by atoms with Gasteiger partial charge in [0.05, 0.1) is 25.1 Å². The van der Waals surface area contributed by atoms with Crippen LogP contribution in [0.3, 0.4) is 0 Å². The lowest BCUT2D eigenvalue weighted by Crippen LogP contribution is -2.34. The Morgan fingerprint density at radius 1 is 1.23 bits per heavy atom. The van der Waals surface area contributed by atoms with Crippen molar-refractivity contribution in [1.29, 1.82) is 0 Å². The van der Waals surface area contributed by atoms with Gasteiger partial charge < -0.3 is 18.9 Å². The summed E-state index contributed by atoms with van der Waals surface area (Å²) in [5.41, 5.74) is 0.947. The Bertz CT molecular complexity index is 933. The van der Waals surface area contributed by atoms with E-state index in [1.54, 1.807) is 24.3 Å². The second-order valence-corrected chi connectivity index (χ2v) is 8.43. The van der Waals surface area contributed by atoms with Crippen LogP contribution >= 0.6 is 0 Å². The highest BCUT2D eigenvalue weighted by Crippen LogP contribution is 2.49. The maximum Gasteiger partial charge on any atom is 0.324 e. The van der Waals surface area contributed by atoms with Crippen molar-refractivity contribution in [2.45, 2.75) is 32.1 Å². The van der Waals surface area contributed by atoms with Crippen LogP contribution in [0.1, 0.15) is 31.5 Å². The molecule has 31 heavy (non-hydrogen) atoms. The van der Waals surface area contributed by atoms with Crippen molar-refractivity contribution in [3.05, 3.63) is 30.5 Å². The molecular formula is C21H29N7O3. The first-order valence-corrected chi connectivity index (χ1v) is 11.0. The lowest BCUT2D eigenvalue weighted by Gasteiger charge is -2.30. The zero-order valence-electron chi connectivity index (χ0n) is 17.8. The van der Waals surface area contributed by atoms with E-state index < -0.39 is 0 Å². The quantitative estimate of drug-likeness (QED) is 0.526. The number of nitrogens with one attached hydrogen (secondary N) is 1. The smallest absolute Gasteiger partial charge is 0.324 e. The van der Waals surface area contributed by atoms with Gasteiger partial charge in [0, 0.05) is 32.7 Å². The third-order valence-corrected chi connectivity index (χ3v) is 6.46. The minimum Gasteiger partial charge on any atom is -0.478 e. The molecule has 166 valence electrons. The van der Waals surface area contributed by atoms with Crippen LogP contribution in [0.25, 0.3) is 5.69 Å². The fourth-order valence-corrected chi connectivity index (χ4v) is 4.52. The van der Waals surface area contributed by atoms with Gasteiger partial charge in [-0.3, -0.25) is 0 Å². The summed E-state index contributed by atoms with van der Waals surface area (Å²) >= 11 is 0. The van der Waals surface area contributed by atoms with Gasteiger partial charge in [0.15, 0.2) is 5.82 Å². The van der Waals surface area contributed by atoms with Gasteiger partial charge in [0.2, 0.25) is 5.88 Å². The van der Waals surface area contributed by atoms with Crippen molar-refractivity contribution >= 4 is 6.01 Å². The van der Waals surface area contributed by atoms with Crippen molar-refractivity contribution in [2.24, 2.45) is 17.8 Å². The van der Waals surface area contributed by atoms with E-state index in [0.29, 0.717) is 24.9 Å². The molecule has 10 heteroatoms. The average Bonchev–Trinajstić information content (AvgIpc) is 3.38. The number of ether oxygens (including phenoxy) is 2. The van der Waals surface area contributed by atoms with Gasteiger partial charge in [-0.2, -0.15) is 4.98 Å². The SMILES string of the molecule is COCCc1noc(N2CCC([C@H]3CC3CCOc3ccc(-n4cn[nH]4)cn3)CC2)n1. The van der Waals surface area contributed by atoms with Crippen LogP contribution < -0.4 is 9.64 Å². The highest BCUT2D eigenvalue weighted by molar-refractivity contribution is 5.29. The molecule has 0 bridgehead atoms. The molecule has 2 atom stereocenters. The van der Waals surface area contributed by atoms with Gasteiger partial charge in [-0.25, -0.2) is 14.9 Å². The number of aromatic nitrogens is 6. The van der Waals surface area contributed by atoms with Crippen LogP contribution in [-0.2, 0) is 11.2 Å². The van der Waals surface area contributed by atoms with Crippen molar-refractivity contribution in [2.75, 3.05) is 38.3 Å². The van der Waals surface area contributed by atoms with Crippen molar-refractivity contribution in [3.63, 3.8) is 0 Å². The van der Waals surface area contributed by atoms with Gasteiger partial charge in [-0.05, 0) is 49.5 Å². The number of anilines is 1. The zero-order valence-corrected chi connectivity index (χ0v) is 17.8. The maximum absolute atomic E-state index is 5.86. The average molecular weight is 428 g/mol. The van der Waals surface area contributed by atoms with Gasteiger partial charge in [0.1, 0.15) is 6.33 Å². The molecule has 1 unspecified atom stereocenters. The summed E-state index contributed by atoms with van der Waals surface area (Å²) in [7, 11) is 1.68. The number of hydrogen-bond donors (Lipinski definition) is 1. The van der Waals surface area contributed by atoms with Crippen LogP contribution in [0.4, 0.5) is 6.01 Å². The van der Waals surface area contributed by atoms with Crippen LogP contribution in [-0.4, -0.2) is 63.5 Å². The predicted octanol–water partition coefficient (Wildman–Crippen LogP) is 2.49. The van der Waals surface area contributed by atoms with Gasteiger partial charge in [-0.15, -0.1) is 5.10 Å². The van der Waals surface area contributed by atoms with Crippen molar-refractivity contribution in [3.8, 4) is 11.6 Å². The second-order valence-electron chi connectivity index (χ2n) is 8.43. The molecule has 2 fully saturated rings. The number of methoxy groups -OCH3 is 1. The Hall–Kier alpha value is -2.88. The lowest BCUT2D eigenvalue weighted by atomic mass is 9.91. The Balaban J connectivity index is 1.01. The van der Waals surface area contributed by atoms with Crippen LogP contribution in [0.15, 0.2) is 29.2 Å². The number of piperidine rings is 1. The van der Waals surface area contributed by atoms with Gasteiger partial charge in [-0.1, -0.05) is 5.16 Å². The second kappa shape index (κ2) is 9.09. The molecule has 2 aliphatic rings. The third kappa shape index (κ3) is 4.73. The maximum atomic E-state index is 5.86. The van der Waals surface area contributed by atoms with E-state index in [1.165, 1.54) is 19.3 Å². The molecule has 1 saturated heterocycles. The van der Waals surface area contributed by atoms with E-state index in [0.717, 1.165) is 55.4 Å². The normalized spacial score (nSPS) is 21.5. The summed E-state index contributed by atoms with van der Waals surface area (Å²) < 4.78 is 18.2. The molecule has 5 rings (SSSR count). The monoisotopic (exact) mass is 427 g/mol. The third-order valence-electron chi connectivity index (χ3n) is 6.46. The number of rotatable bonds is 10. The first-order chi connectivity index (χ1) is 15.3. The van der Waals surface area contributed by atoms with E-state index in [1.807, 2.05) is 12.1 Å². The number of hydrogen-bond acceptors (Lipinski definition) is 8.